The standard InChI is InChI=1S/C16H26N4S.HI/c1-13-18-10-14(21-13)11-19-15(17-2)20-9-8-16(12-20)6-4-3-5-7-16;/h10H,3-9,11-12H2,1-2H3,(H,17,19);1H. The maximum Gasteiger partial charge on any atom is 0.193 e. The quantitative estimate of drug-likeness (QED) is 0.437. The summed E-state index contributed by atoms with van der Waals surface area (Å²) >= 11 is 1.76. The fourth-order valence-electron chi connectivity index (χ4n) is 3.81. The topological polar surface area (TPSA) is 40.5 Å². The zero-order chi connectivity index (χ0) is 14.7. The Hall–Kier alpha value is -0.370. The Balaban J connectivity index is 0.00000176. The summed E-state index contributed by atoms with van der Waals surface area (Å²) in [5, 5.41) is 4.64. The van der Waals surface area contributed by atoms with Crippen molar-refractivity contribution in [3.8, 4) is 0 Å². The zero-order valence-corrected chi connectivity index (χ0v) is 16.7. The Bertz CT molecular complexity index is 508. The average Bonchev–Trinajstić information content (AvgIpc) is 3.08. The summed E-state index contributed by atoms with van der Waals surface area (Å²) in [7, 11) is 1.89. The molecular formula is C16H27IN4S. The van der Waals surface area contributed by atoms with Gasteiger partial charge in [-0.2, -0.15) is 0 Å². The van der Waals surface area contributed by atoms with Gasteiger partial charge in [-0.15, -0.1) is 35.3 Å². The molecule has 124 valence electrons. The van der Waals surface area contributed by atoms with Gasteiger partial charge in [-0.25, -0.2) is 4.98 Å². The predicted octanol–water partition coefficient (Wildman–Crippen LogP) is 3.80. The minimum absolute atomic E-state index is 0. The lowest BCUT2D eigenvalue weighted by atomic mass is 9.73. The molecule has 2 aliphatic rings. The van der Waals surface area contributed by atoms with Crippen molar-refractivity contribution in [3.63, 3.8) is 0 Å². The Labute approximate surface area is 154 Å². The number of halogens is 1. The van der Waals surface area contributed by atoms with E-state index in [1.54, 1.807) is 11.3 Å². The molecule has 4 nitrogen and oxygen atoms in total. The first kappa shape index (κ1) is 18.0. The number of hydrogen-bond acceptors (Lipinski definition) is 3. The maximum absolute atomic E-state index is 4.49. The van der Waals surface area contributed by atoms with Crippen LogP contribution < -0.4 is 5.32 Å². The molecule has 1 aromatic heterocycles. The van der Waals surface area contributed by atoms with Crippen LogP contribution in [-0.2, 0) is 6.54 Å². The van der Waals surface area contributed by atoms with Crippen molar-refractivity contribution in [3.05, 3.63) is 16.1 Å². The first-order chi connectivity index (χ1) is 10.2. The number of rotatable bonds is 2. The lowest BCUT2D eigenvalue weighted by molar-refractivity contribution is 0.203. The molecule has 1 aliphatic carbocycles. The third-order valence-electron chi connectivity index (χ3n) is 4.95. The molecule has 0 bridgehead atoms. The van der Waals surface area contributed by atoms with Crippen LogP contribution in [0.5, 0.6) is 0 Å². The SMILES string of the molecule is CN=C(NCc1cnc(C)s1)N1CCC2(CCCCC2)C1.I. The lowest BCUT2D eigenvalue weighted by Gasteiger charge is -2.33. The second kappa shape index (κ2) is 7.95. The molecule has 2 heterocycles. The molecular weight excluding hydrogens is 407 g/mol. The Kier molecular flexibility index (Phi) is 6.49. The van der Waals surface area contributed by atoms with Gasteiger partial charge in [-0.1, -0.05) is 19.3 Å². The Morgan fingerprint density at radius 2 is 2.14 bits per heavy atom. The van der Waals surface area contributed by atoms with Gasteiger partial charge in [0.25, 0.3) is 0 Å². The van der Waals surface area contributed by atoms with Crippen molar-refractivity contribution in [1.82, 2.24) is 15.2 Å². The zero-order valence-electron chi connectivity index (χ0n) is 13.6. The van der Waals surface area contributed by atoms with E-state index in [4.69, 9.17) is 0 Å². The molecule has 0 unspecified atom stereocenters. The van der Waals surface area contributed by atoms with Gasteiger partial charge in [-0.05, 0) is 31.6 Å². The lowest BCUT2D eigenvalue weighted by Crippen LogP contribution is -2.41. The van der Waals surface area contributed by atoms with Crippen molar-refractivity contribution in [2.24, 2.45) is 10.4 Å². The number of nitrogens with zero attached hydrogens (tertiary/aromatic N) is 3. The molecule has 3 rings (SSSR count). The molecule has 0 amide bonds. The Morgan fingerprint density at radius 1 is 1.36 bits per heavy atom. The Morgan fingerprint density at radius 3 is 2.77 bits per heavy atom. The van der Waals surface area contributed by atoms with Crippen molar-refractivity contribution in [2.75, 3.05) is 20.1 Å². The highest BCUT2D eigenvalue weighted by atomic mass is 127. The fraction of sp³-hybridized carbons (Fsp3) is 0.750. The van der Waals surface area contributed by atoms with Gasteiger partial charge in [0.2, 0.25) is 0 Å². The molecule has 22 heavy (non-hydrogen) atoms. The van der Waals surface area contributed by atoms with Gasteiger partial charge in [0.1, 0.15) is 0 Å². The molecule has 1 aromatic rings. The normalized spacial score (nSPS) is 21.0. The first-order valence-corrected chi connectivity index (χ1v) is 8.89. The van der Waals surface area contributed by atoms with Crippen LogP contribution in [0.25, 0.3) is 0 Å². The van der Waals surface area contributed by atoms with Crippen LogP contribution in [0.1, 0.15) is 48.4 Å². The summed E-state index contributed by atoms with van der Waals surface area (Å²) in [5.41, 5.74) is 0.580. The number of aryl methyl sites for hydroxylation is 1. The van der Waals surface area contributed by atoms with Gasteiger partial charge in [0, 0.05) is 31.2 Å². The number of aliphatic imine (C=N–C) groups is 1. The number of likely N-dealkylation sites (tertiary alicyclic amines) is 1. The largest absolute Gasteiger partial charge is 0.351 e. The molecule has 0 radical (unpaired) electrons. The second-order valence-corrected chi connectivity index (χ2v) is 7.80. The van der Waals surface area contributed by atoms with Gasteiger partial charge < -0.3 is 10.2 Å². The molecule has 1 aliphatic heterocycles. The minimum atomic E-state index is 0. The van der Waals surface area contributed by atoms with E-state index in [0.717, 1.165) is 24.1 Å². The van der Waals surface area contributed by atoms with Gasteiger partial charge >= 0.3 is 0 Å². The van der Waals surface area contributed by atoms with E-state index >= 15 is 0 Å². The smallest absolute Gasteiger partial charge is 0.193 e. The van der Waals surface area contributed by atoms with Crippen LogP contribution in [-0.4, -0.2) is 36.0 Å². The second-order valence-electron chi connectivity index (χ2n) is 6.48. The molecule has 1 N–H and O–H groups in total. The van der Waals surface area contributed by atoms with E-state index in [2.05, 4.69) is 27.1 Å². The molecule has 6 heteroatoms. The van der Waals surface area contributed by atoms with E-state index < -0.39 is 0 Å². The maximum atomic E-state index is 4.49. The van der Waals surface area contributed by atoms with E-state index in [0.29, 0.717) is 5.41 Å². The molecule has 1 saturated carbocycles. The van der Waals surface area contributed by atoms with E-state index in [1.807, 2.05) is 13.2 Å². The predicted molar refractivity (Wildman–Crippen MR) is 104 cm³/mol. The molecule has 0 atom stereocenters. The molecule has 2 fully saturated rings. The third-order valence-corrected chi connectivity index (χ3v) is 5.87. The number of aromatic nitrogens is 1. The van der Waals surface area contributed by atoms with Gasteiger partial charge in [0.05, 0.1) is 11.6 Å². The van der Waals surface area contributed by atoms with Crippen molar-refractivity contribution in [1.29, 1.82) is 0 Å². The van der Waals surface area contributed by atoms with Crippen molar-refractivity contribution >= 4 is 41.3 Å². The highest BCUT2D eigenvalue weighted by Gasteiger charge is 2.39. The monoisotopic (exact) mass is 434 g/mol. The van der Waals surface area contributed by atoms with Crippen LogP contribution in [0, 0.1) is 12.3 Å². The molecule has 0 aromatic carbocycles. The number of thiazole rings is 1. The molecule has 1 spiro atoms. The average molecular weight is 434 g/mol. The first-order valence-electron chi connectivity index (χ1n) is 8.08. The van der Waals surface area contributed by atoms with Gasteiger partial charge in [0.15, 0.2) is 5.96 Å². The van der Waals surface area contributed by atoms with Crippen LogP contribution in [0.3, 0.4) is 0 Å². The fourth-order valence-corrected chi connectivity index (χ4v) is 4.55. The van der Waals surface area contributed by atoms with E-state index in [1.165, 1.54) is 49.9 Å². The van der Waals surface area contributed by atoms with E-state index in [-0.39, 0.29) is 24.0 Å². The van der Waals surface area contributed by atoms with Crippen molar-refractivity contribution in [2.45, 2.75) is 52.0 Å². The summed E-state index contributed by atoms with van der Waals surface area (Å²) in [6.07, 6.45) is 10.4. The number of nitrogens with one attached hydrogen (secondary N) is 1. The summed E-state index contributed by atoms with van der Waals surface area (Å²) in [4.78, 5) is 12.5. The third kappa shape index (κ3) is 4.13. The number of hydrogen-bond donors (Lipinski definition) is 1. The molecule has 1 saturated heterocycles. The van der Waals surface area contributed by atoms with Crippen LogP contribution in [0.4, 0.5) is 0 Å². The van der Waals surface area contributed by atoms with Gasteiger partial charge in [-0.3, -0.25) is 4.99 Å². The summed E-state index contributed by atoms with van der Waals surface area (Å²) in [5.74, 6) is 1.06. The van der Waals surface area contributed by atoms with Crippen LogP contribution in [0.15, 0.2) is 11.2 Å². The van der Waals surface area contributed by atoms with Crippen LogP contribution in [0.2, 0.25) is 0 Å². The number of guanidine groups is 1. The minimum Gasteiger partial charge on any atom is -0.351 e. The summed E-state index contributed by atoms with van der Waals surface area (Å²) < 4.78 is 0. The van der Waals surface area contributed by atoms with E-state index in [9.17, 15) is 0 Å². The van der Waals surface area contributed by atoms with Crippen molar-refractivity contribution < 1.29 is 0 Å². The summed E-state index contributed by atoms with van der Waals surface area (Å²) in [6, 6.07) is 0. The highest BCUT2D eigenvalue weighted by Crippen LogP contribution is 2.43. The van der Waals surface area contributed by atoms with Crippen LogP contribution >= 0.6 is 35.3 Å². The highest BCUT2D eigenvalue weighted by molar-refractivity contribution is 14.0. The summed E-state index contributed by atoms with van der Waals surface area (Å²) in [6.45, 7) is 5.23.